The van der Waals surface area contributed by atoms with Crippen molar-refractivity contribution in [2.45, 2.75) is 19.8 Å². The first-order valence-corrected chi connectivity index (χ1v) is 4.81. The van der Waals surface area contributed by atoms with Crippen molar-refractivity contribution in [3.63, 3.8) is 0 Å². The lowest BCUT2D eigenvalue weighted by Crippen LogP contribution is -2.00. The highest BCUT2D eigenvalue weighted by Crippen LogP contribution is 2.32. The highest BCUT2D eigenvalue weighted by Gasteiger charge is 2.12. The van der Waals surface area contributed by atoms with E-state index < -0.39 is 0 Å². The molecule has 3 nitrogen and oxygen atoms in total. The molecule has 0 aliphatic rings. The minimum absolute atomic E-state index is 0.121. The van der Waals surface area contributed by atoms with Crippen molar-refractivity contribution < 1.29 is 14.3 Å². The summed E-state index contributed by atoms with van der Waals surface area (Å²) < 4.78 is 10.4. The zero-order chi connectivity index (χ0) is 11.4. The van der Waals surface area contributed by atoms with Gasteiger partial charge in [0, 0.05) is 5.92 Å². The summed E-state index contributed by atoms with van der Waals surface area (Å²) in [7, 11) is 3.18. The van der Waals surface area contributed by atoms with E-state index in [0.29, 0.717) is 11.5 Å². The Balaban J connectivity index is 3.25. The van der Waals surface area contributed by atoms with E-state index in [4.69, 9.17) is 9.47 Å². The third kappa shape index (κ3) is 2.29. The Kier molecular flexibility index (Phi) is 3.72. The molecule has 0 saturated carbocycles. The molecule has 1 rings (SSSR count). The minimum Gasteiger partial charge on any atom is -0.493 e. The topological polar surface area (TPSA) is 35.5 Å². The maximum Gasteiger partial charge on any atom is 0.161 e. The number of hydrogen-bond donors (Lipinski definition) is 0. The van der Waals surface area contributed by atoms with Gasteiger partial charge in [0.15, 0.2) is 11.5 Å². The molecule has 1 aromatic carbocycles. The molecule has 0 saturated heterocycles. The molecule has 0 fully saturated rings. The van der Waals surface area contributed by atoms with Gasteiger partial charge in [-0.3, -0.25) is 0 Å². The van der Waals surface area contributed by atoms with Crippen LogP contribution in [0, 0.1) is 6.92 Å². The summed E-state index contributed by atoms with van der Waals surface area (Å²) >= 11 is 0. The monoisotopic (exact) mass is 208 g/mol. The van der Waals surface area contributed by atoms with Crippen LogP contribution < -0.4 is 9.47 Å². The van der Waals surface area contributed by atoms with Crippen LogP contribution in [0.5, 0.6) is 11.5 Å². The maximum absolute atomic E-state index is 10.7. The Morgan fingerprint density at radius 2 is 1.73 bits per heavy atom. The van der Waals surface area contributed by atoms with E-state index in [-0.39, 0.29) is 5.92 Å². The molecule has 0 amide bonds. The minimum atomic E-state index is -0.121. The van der Waals surface area contributed by atoms with Crippen LogP contribution in [-0.2, 0) is 4.79 Å². The fraction of sp³-hybridized carbons (Fsp3) is 0.417. The zero-order valence-electron chi connectivity index (χ0n) is 9.53. The predicted molar refractivity (Wildman–Crippen MR) is 58.8 cm³/mol. The predicted octanol–water partition coefficient (Wildman–Crippen LogP) is 2.31. The summed E-state index contributed by atoms with van der Waals surface area (Å²) in [4.78, 5) is 10.7. The average molecular weight is 208 g/mol. The van der Waals surface area contributed by atoms with E-state index >= 15 is 0 Å². The summed E-state index contributed by atoms with van der Waals surface area (Å²) in [5.74, 6) is 1.23. The molecule has 0 aliphatic carbocycles. The normalized spacial score (nSPS) is 12.0. The van der Waals surface area contributed by atoms with Crippen molar-refractivity contribution in [3.05, 3.63) is 23.3 Å². The molecule has 1 aromatic rings. The molecule has 1 unspecified atom stereocenters. The van der Waals surface area contributed by atoms with E-state index in [9.17, 15) is 4.79 Å². The number of hydrogen-bond acceptors (Lipinski definition) is 3. The van der Waals surface area contributed by atoms with Gasteiger partial charge in [0.25, 0.3) is 0 Å². The van der Waals surface area contributed by atoms with Gasteiger partial charge in [-0.2, -0.15) is 0 Å². The molecule has 0 radical (unpaired) electrons. The van der Waals surface area contributed by atoms with Crippen LogP contribution in [0.4, 0.5) is 0 Å². The van der Waals surface area contributed by atoms with Gasteiger partial charge in [-0.1, -0.05) is 6.92 Å². The van der Waals surface area contributed by atoms with Gasteiger partial charge in [0.1, 0.15) is 6.29 Å². The van der Waals surface area contributed by atoms with E-state index in [1.54, 1.807) is 14.2 Å². The molecule has 0 aromatic heterocycles. The second-order valence-corrected chi connectivity index (χ2v) is 3.49. The summed E-state index contributed by atoms with van der Waals surface area (Å²) in [5.41, 5.74) is 2.01. The molecule has 0 spiro atoms. The van der Waals surface area contributed by atoms with Gasteiger partial charge in [-0.25, -0.2) is 0 Å². The fourth-order valence-electron chi connectivity index (χ4n) is 1.56. The highest BCUT2D eigenvalue weighted by atomic mass is 16.5. The molecule has 15 heavy (non-hydrogen) atoms. The summed E-state index contributed by atoms with van der Waals surface area (Å²) in [6.45, 7) is 3.82. The van der Waals surface area contributed by atoms with Gasteiger partial charge in [0.05, 0.1) is 14.2 Å². The third-order valence-electron chi connectivity index (χ3n) is 2.47. The first kappa shape index (κ1) is 11.6. The van der Waals surface area contributed by atoms with Crippen LogP contribution in [0.3, 0.4) is 0 Å². The lowest BCUT2D eigenvalue weighted by atomic mass is 9.97. The summed E-state index contributed by atoms with van der Waals surface area (Å²) in [5, 5.41) is 0. The first-order chi connectivity index (χ1) is 7.13. The lowest BCUT2D eigenvalue weighted by Gasteiger charge is -2.14. The standard InChI is InChI=1S/C12H16O3/c1-8-5-11(14-3)12(15-4)6-10(8)9(2)7-13/h5-7,9H,1-4H3. The molecular weight excluding hydrogens is 192 g/mol. The van der Waals surface area contributed by atoms with Crippen molar-refractivity contribution in [1.29, 1.82) is 0 Å². The largest absolute Gasteiger partial charge is 0.493 e. The number of ether oxygens (including phenoxy) is 2. The molecular formula is C12H16O3. The summed E-state index contributed by atoms with van der Waals surface area (Å²) in [6.07, 6.45) is 0.925. The number of rotatable bonds is 4. The van der Waals surface area contributed by atoms with Gasteiger partial charge >= 0.3 is 0 Å². The Bertz CT molecular complexity index is 358. The van der Waals surface area contributed by atoms with Crippen molar-refractivity contribution in [3.8, 4) is 11.5 Å². The summed E-state index contributed by atoms with van der Waals surface area (Å²) in [6, 6.07) is 3.74. The maximum atomic E-state index is 10.7. The van der Waals surface area contributed by atoms with Crippen molar-refractivity contribution >= 4 is 6.29 Å². The number of carbonyl (C=O) groups is 1. The van der Waals surface area contributed by atoms with Gasteiger partial charge in [-0.05, 0) is 30.2 Å². The Hall–Kier alpha value is -1.51. The number of aryl methyl sites for hydroxylation is 1. The molecule has 0 N–H and O–H groups in total. The molecule has 0 heterocycles. The molecule has 0 bridgehead atoms. The fourth-order valence-corrected chi connectivity index (χ4v) is 1.56. The van der Waals surface area contributed by atoms with Crippen molar-refractivity contribution in [2.75, 3.05) is 14.2 Å². The molecule has 1 atom stereocenters. The van der Waals surface area contributed by atoms with Crippen LogP contribution in [-0.4, -0.2) is 20.5 Å². The van der Waals surface area contributed by atoms with E-state index in [2.05, 4.69) is 0 Å². The van der Waals surface area contributed by atoms with Crippen LogP contribution in [0.15, 0.2) is 12.1 Å². The second kappa shape index (κ2) is 4.82. The molecule has 82 valence electrons. The smallest absolute Gasteiger partial charge is 0.161 e. The van der Waals surface area contributed by atoms with Gasteiger partial charge in [-0.15, -0.1) is 0 Å². The van der Waals surface area contributed by atoms with Crippen LogP contribution in [0.1, 0.15) is 24.0 Å². The highest BCUT2D eigenvalue weighted by molar-refractivity contribution is 5.64. The Morgan fingerprint density at radius 3 is 2.20 bits per heavy atom. The molecule has 0 aliphatic heterocycles. The lowest BCUT2D eigenvalue weighted by molar-refractivity contribution is -0.108. The number of methoxy groups -OCH3 is 2. The number of benzene rings is 1. The van der Waals surface area contributed by atoms with Crippen LogP contribution in [0.2, 0.25) is 0 Å². The quantitative estimate of drug-likeness (QED) is 0.712. The Labute approximate surface area is 90.0 Å². The SMILES string of the molecule is COc1cc(C)c(C(C)C=O)cc1OC. The number of carbonyl (C=O) groups excluding carboxylic acids is 1. The van der Waals surface area contributed by atoms with Crippen molar-refractivity contribution in [1.82, 2.24) is 0 Å². The second-order valence-electron chi connectivity index (χ2n) is 3.49. The van der Waals surface area contributed by atoms with Crippen molar-refractivity contribution in [2.24, 2.45) is 0 Å². The van der Waals surface area contributed by atoms with Crippen LogP contribution in [0.25, 0.3) is 0 Å². The van der Waals surface area contributed by atoms with E-state index in [1.165, 1.54) is 0 Å². The average Bonchev–Trinajstić information content (AvgIpc) is 2.27. The number of aldehydes is 1. The Morgan fingerprint density at radius 1 is 1.20 bits per heavy atom. The van der Waals surface area contributed by atoms with Gasteiger partial charge in [0.2, 0.25) is 0 Å². The third-order valence-corrected chi connectivity index (χ3v) is 2.47. The zero-order valence-corrected chi connectivity index (χ0v) is 9.53. The van der Waals surface area contributed by atoms with Gasteiger partial charge < -0.3 is 14.3 Å². The molecule has 3 heteroatoms. The van der Waals surface area contributed by atoms with E-state index in [0.717, 1.165) is 17.4 Å². The van der Waals surface area contributed by atoms with Crippen LogP contribution >= 0.6 is 0 Å². The van der Waals surface area contributed by atoms with E-state index in [1.807, 2.05) is 26.0 Å². The first-order valence-electron chi connectivity index (χ1n) is 4.81.